The van der Waals surface area contributed by atoms with Crippen LogP contribution in [0.25, 0.3) is 11.2 Å². The second-order valence-corrected chi connectivity index (χ2v) is 9.62. The number of para-hydroxylation sites is 1. The maximum Gasteiger partial charge on any atom is 0.332 e. The molecule has 9 nitrogen and oxygen atoms in total. The maximum atomic E-state index is 13.7. The van der Waals surface area contributed by atoms with E-state index in [1.165, 1.54) is 4.57 Å². The first-order valence-electron chi connectivity index (χ1n) is 13.4. The molecule has 4 aromatic rings. The second kappa shape index (κ2) is 12.7. The molecule has 0 aliphatic heterocycles. The molecule has 0 radical (unpaired) electrons. The van der Waals surface area contributed by atoms with Gasteiger partial charge in [0.1, 0.15) is 5.82 Å². The van der Waals surface area contributed by atoms with Gasteiger partial charge < -0.3 is 20.7 Å². The summed E-state index contributed by atoms with van der Waals surface area (Å²) >= 11 is 0. The van der Waals surface area contributed by atoms with Gasteiger partial charge in [-0.3, -0.25) is 13.9 Å². The summed E-state index contributed by atoms with van der Waals surface area (Å²) in [5.74, 6) is 0.725. The number of aryl methyl sites for hydroxylation is 2. The minimum atomic E-state index is -0.421. The molecule has 38 heavy (non-hydrogen) atoms. The number of nitrogen functional groups attached to an aromatic ring is 1. The highest BCUT2D eigenvalue weighted by molar-refractivity contribution is 5.71. The van der Waals surface area contributed by atoms with Gasteiger partial charge in [-0.05, 0) is 36.5 Å². The summed E-state index contributed by atoms with van der Waals surface area (Å²) in [7, 11) is 0. The van der Waals surface area contributed by atoms with Crippen LogP contribution in [-0.4, -0.2) is 43.0 Å². The highest BCUT2D eigenvalue weighted by Gasteiger charge is 2.22. The molecular formula is C29H38N6O3. The maximum absolute atomic E-state index is 13.7. The third-order valence-electron chi connectivity index (χ3n) is 6.87. The monoisotopic (exact) mass is 518 g/mol. The van der Waals surface area contributed by atoms with Crippen molar-refractivity contribution in [1.82, 2.24) is 24.0 Å². The van der Waals surface area contributed by atoms with E-state index in [2.05, 4.69) is 5.32 Å². The summed E-state index contributed by atoms with van der Waals surface area (Å²) in [6, 6.07) is 17.6. The normalized spacial score (nSPS) is 12.3. The molecule has 0 saturated heterocycles. The number of aliphatic hydroxyl groups is 1. The minimum Gasteiger partial charge on any atom is -0.399 e. The smallest absolute Gasteiger partial charge is 0.332 e. The zero-order valence-corrected chi connectivity index (χ0v) is 22.3. The van der Waals surface area contributed by atoms with Crippen molar-refractivity contribution < 1.29 is 5.11 Å². The number of aromatic nitrogens is 4. The van der Waals surface area contributed by atoms with Crippen LogP contribution >= 0.6 is 0 Å². The number of hydrogen-bond acceptors (Lipinski definition) is 6. The summed E-state index contributed by atoms with van der Waals surface area (Å²) in [5.41, 5.74) is 9.03. The summed E-state index contributed by atoms with van der Waals surface area (Å²) in [5, 5.41) is 13.2. The summed E-state index contributed by atoms with van der Waals surface area (Å²) in [6.45, 7) is 6.09. The molecule has 9 heteroatoms. The number of nitrogens with zero attached hydrogens (tertiary/aromatic N) is 4. The molecular weight excluding hydrogens is 480 g/mol. The predicted octanol–water partition coefficient (Wildman–Crippen LogP) is 2.55. The van der Waals surface area contributed by atoms with Crippen molar-refractivity contribution >= 4 is 16.9 Å². The van der Waals surface area contributed by atoms with Gasteiger partial charge in [-0.2, -0.15) is 0 Å². The van der Waals surface area contributed by atoms with E-state index in [4.69, 9.17) is 10.7 Å². The van der Waals surface area contributed by atoms with Crippen LogP contribution in [0.4, 0.5) is 5.69 Å². The van der Waals surface area contributed by atoms with Gasteiger partial charge in [0.25, 0.3) is 5.56 Å². The van der Waals surface area contributed by atoms with E-state index in [1.807, 2.05) is 73.0 Å². The standard InChI is InChI=1S/C29H38N6O3/c1-3-16-35-28(37)26-27(34(29(35)38)17-14-22-12-8-9-13-24(22)30)32-25(19-21-10-6-5-7-11-21)33(26)18-15-31-20-23(36)4-2/h5-13,23,31,36H,3-4,14-20,30H2,1-2H3. The number of rotatable bonds is 13. The number of hydrogen-bond donors (Lipinski definition) is 3. The van der Waals surface area contributed by atoms with Crippen molar-refractivity contribution in [3.63, 3.8) is 0 Å². The Morgan fingerprint density at radius 3 is 2.39 bits per heavy atom. The molecule has 0 spiro atoms. The van der Waals surface area contributed by atoms with Gasteiger partial charge in [0.2, 0.25) is 0 Å². The topological polar surface area (TPSA) is 120 Å². The Morgan fingerprint density at radius 2 is 1.68 bits per heavy atom. The Hall–Kier alpha value is -3.69. The molecule has 2 aromatic carbocycles. The lowest BCUT2D eigenvalue weighted by atomic mass is 10.1. The number of benzene rings is 2. The number of fused-ring (bicyclic) bond motifs is 1. The predicted molar refractivity (Wildman–Crippen MR) is 152 cm³/mol. The van der Waals surface area contributed by atoms with Crippen LogP contribution in [0.1, 0.15) is 43.6 Å². The molecule has 0 amide bonds. The van der Waals surface area contributed by atoms with Gasteiger partial charge >= 0.3 is 5.69 Å². The average molecular weight is 519 g/mol. The first-order chi connectivity index (χ1) is 18.4. The van der Waals surface area contributed by atoms with Crippen molar-refractivity contribution in [1.29, 1.82) is 0 Å². The number of anilines is 1. The van der Waals surface area contributed by atoms with E-state index >= 15 is 0 Å². The van der Waals surface area contributed by atoms with Crippen LogP contribution in [0.2, 0.25) is 0 Å². The van der Waals surface area contributed by atoms with Gasteiger partial charge in [0, 0.05) is 44.8 Å². The van der Waals surface area contributed by atoms with Gasteiger partial charge in [-0.25, -0.2) is 9.78 Å². The first kappa shape index (κ1) is 27.3. The van der Waals surface area contributed by atoms with E-state index in [-0.39, 0.29) is 11.2 Å². The molecule has 0 bridgehead atoms. The lowest BCUT2D eigenvalue weighted by molar-refractivity contribution is 0.167. The van der Waals surface area contributed by atoms with Crippen molar-refractivity contribution in [3.05, 3.63) is 92.4 Å². The Morgan fingerprint density at radius 1 is 0.947 bits per heavy atom. The van der Waals surface area contributed by atoms with E-state index in [1.54, 1.807) is 4.57 Å². The van der Waals surface area contributed by atoms with Crippen LogP contribution in [0.15, 0.2) is 64.2 Å². The lowest BCUT2D eigenvalue weighted by Gasteiger charge is -2.14. The highest BCUT2D eigenvalue weighted by Crippen LogP contribution is 2.17. The van der Waals surface area contributed by atoms with Crippen LogP contribution in [0.3, 0.4) is 0 Å². The average Bonchev–Trinajstić information content (AvgIpc) is 3.28. The van der Waals surface area contributed by atoms with Crippen LogP contribution in [0, 0.1) is 0 Å². The molecule has 1 atom stereocenters. The van der Waals surface area contributed by atoms with E-state index in [0.717, 1.165) is 17.0 Å². The van der Waals surface area contributed by atoms with Crippen molar-refractivity contribution in [3.8, 4) is 0 Å². The Balaban J connectivity index is 1.81. The lowest BCUT2D eigenvalue weighted by Crippen LogP contribution is -2.41. The fourth-order valence-corrected chi connectivity index (χ4v) is 4.71. The number of aliphatic hydroxyl groups excluding tert-OH is 1. The fourth-order valence-electron chi connectivity index (χ4n) is 4.71. The van der Waals surface area contributed by atoms with E-state index < -0.39 is 6.10 Å². The van der Waals surface area contributed by atoms with Gasteiger partial charge in [-0.1, -0.05) is 62.4 Å². The Bertz CT molecular complexity index is 1470. The molecule has 4 N–H and O–H groups in total. The Kier molecular flexibility index (Phi) is 9.15. The molecule has 4 rings (SSSR count). The SMILES string of the molecule is CCCn1c(=O)c2c(nc(Cc3ccccc3)n2CCNCC(O)CC)n(CCc2ccccc2N)c1=O. The number of imidazole rings is 1. The molecule has 0 saturated carbocycles. The third-order valence-corrected chi connectivity index (χ3v) is 6.87. The van der Waals surface area contributed by atoms with Gasteiger partial charge in [0.15, 0.2) is 11.2 Å². The molecule has 0 aliphatic rings. The van der Waals surface area contributed by atoms with Crippen LogP contribution < -0.4 is 22.3 Å². The van der Waals surface area contributed by atoms with Crippen LogP contribution in [0.5, 0.6) is 0 Å². The van der Waals surface area contributed by atoms with Crippen molar-refractivity contribution in [2.24, 2.45) is 0 Å². The quantitative estimate of drug-likeness (QED) is 0.185. The van der Waals surface area contributed by atoms with Crippen molar-refractivity contribution in [2.45, 2.75) is 65.3 Å². The molecule has 0 aliphatic carbocycles. The molecule has 202 valence electrons. The summed E-state index contributed by atoms with van der Waals surface area (Å²) in [6.07, 6.45) is 1.98. The largest absolute Gasteiger partial charge is 0.399 e. The van der Waals surface area contributed by atoms with Gasteiger partial charge in [-0.15, -0.1) is 0 Å². The number of nitrogens with two attached hydrogens (primary N) is 1. The zero-order chi connectivity index (χ0) is 27.1. The second-order valence-electron chi connectivity index (χ2n) is 9.62. The zero-order valence-electron chi connectivity index (χ0n) is 22.3. The molecule has 2 heterocycles. The summed E-state index contributed by atoms with van der Waals surface area (Å²) < 4.78 is 4.89. The van der Waals surface area contributed by atoms with E-state index in [0.29, 0.717) is 75.3 Å². The molecule has 1 unspecified atom stereocenters. The minimum absolute atomic E-state index is 0.317. The first-order valence-corrected chi connectivity index (χ1v) is 13.4. The molecule has 2 aromatic heterocycles. The van der Waals surface area contributed by atoms with Gasteiger partial charge in [0.05, 0.1) is 6.10 Å². The Labute approximate surface area is 222 Å². The number of nitrogens with one attached hydrogen (secondary N) is 1. The third kappa shape index (κ3) is 6.06. The fraction of sp³-hybridized carbons (Fsp3) is 0.414. The summed E-state index contributed by atoms with van der Waals surface area (Å²) in [4.78, 5) is 32.2. The van der Waals surface area contributed by atoms with E-state index in [9.17, 15) is 14.7 Å². The molecule has 0 fully saturated rings. The van der Waals surface area contributed by atoms with Crippen LogP contribution in [-0.2, 0) is 32.5 Å². The highest BCUT2D eigenvalue weighted by atomic mass is 16.3. The van der Waals surface area contributed by atoms with Crippen molar-refractivity contribution in [2.75, 3.05) is 18.8 Å².